The minimum Gasteiger partial charge on any atom is -0.497 e. The number of benzene rings is 4. The Hall–Kier alpha value is -4.07. The molecule has 186 valence electrons. The average Bonchev–Trinajstić information content (AvgIpc) is 3.33. The Balaban J connectivity index is 1.53. The van der Waals surface area contributed by atoms with Gasteiger partial charge in [0.15, 0.2) is 9.84 Å². The van der Waals surface area contributed by atoms with Crippen LogP contribution in [0.15, 0.2) is 95.9 Å². The molecule has 1 heterocycles. The number of ether oxygens (including phenoxy) is 1. The minimum absolute atomic E-state index is 0.120. The highest BCUT2D eigenvalue weighted by Gasteiger charge is 2.18. The molecule has 2 N–H and O–H groups in total. The molecule has 0 unspecified atom stereocenters. The van der Waals surface area contributed by atoms with Gasteiger partial charge < -0.3 is 15.0 Å². The first-order valence-corrected chi connectivity index (χ1v) is 13.7. The SMILES string of the molecule is COc1cccc(-c2cc(S(C)(=O)=O)ccc2C(=O)Nc2ccc(Cl)c(-c3cc4ccccc4[nH]3)c2)c1. The van der Waals surface area contributed by atoms with Crippen molar-refractivity contribution in [2.45, 2.75) is 4.90 Å². The number of carbonyl (C=O) groups is 1. The molecule has 0 aliphatic carbocycles. The molecular weight excluding hydrogens is 508 g/mol. The summed E-state index contributed by atoms with van der Waals surface area (Å²) in [4.78, 5) is 16.9. The second-order valence-corrected chi connectivity index (χ2v) is 11.1. The number of carbonyl (C=O) groups excluding carboxylic acids is 1. The van der Waals surface area contributed by atoms with Gasteiger partial charge in [-0.05, 0) is 71.8 Å². The van der Waals surface area contributed by atoms with Crippen molar-refractivity contribution in [2.75, 3.05) is 18.7 Å². The molecule has 0 bridgehead atoms. The first kappa shape index (κ1) is 24.6. The van der Waals surface area contributed by atoms with Crippen LogP contribution in [0.3, 0.4) is 0 Å². The largest absolute Gasteiger partial charge is 0.497 e. The van der Waals surface area contributed by atoms with E-state index in [1.165, 1.54) is 18.2 Å². The zero-order valence-corrected chi connectivity index (χ0v) is 21.7. The van der Waals surface area contributed by atoms with Gasteiger partial charge in [-0.1, -0.05) is 41.9 Å². The van der Waals surface area contributed by atoms with Crippen LogP contribution in [0.2, 0.25) is 5.02 Å². The fraction of sp³-hybridized carbons (Fsp3) is 0.0690. The molecular formula is C29H23ClN2O4S. The van der Waals surface area contributed by atoms with E-state index in [0.717, 1.165) is 28.4 Å². The third-order valence-corrected chi connectivity index (χ3v) is 7.53. The zero-order valence-electron chi connectivity index (χ0n) is 20.1. The Morgan fingerprint density at radius 2 is 1.70 bits per heavy atom. The van der Waals surface area contributed by atoms with Crippen molar-refractivity contribution < 1.29 is 17.9 Å². The van der Waals surface area contributed by atoms with Gasteiger partial charge in [-0.2, -0.15) is 0 Å². The summed E-state index contributed by atoms with van der Waals surface area (Å²) in [7, 11) is -1.94. The molecule has 4 aromatic carbocycles. The predicted molar refractivity (Wildman–Crippen MR) is 148 cm³/mol. The fourth-order valence-electron chi connectivity index (χ4n) is 4.21. The first-order valence-electron chi connectivity index (χ1n) is 11.4. The van der Waals surface area contributed by atoms with Crippen molar-refractivity contribution in [3.63, 3.8) is 0 Å². The zero-order chi connectivity index (χ0) is 26.2. The lowest BCUT2D eigenvalue weighted by molar-refractivity contribution is 0.102. The molecule has 8 heteroatoms. The first-order chi connectivity index (χ1) is 17.7. The summed E-state index contributed by atoms with van der Waals surface area (Å²) >= 11 is 6.50. The molecule has 5 aromatic rings. The third-order valence-electron chi connectivity index (χ3n) is 6.09. The van der Waals surface area contributed by atoms with Crippen LogP contribution in [-0.2, 0) is 9.84 Å². The van der Waals surface area contributed by atoms with E-state index >= 15 is 0 Å². The molecule has 0 atom stereocenters. The van der Waals surface area contributed by atoms with Gasteiger partial charge in [0, 0.05) is 39.7 Å². The van der Waals surface area contributed by atoms with Crippen LogP contribution in [0, 0.1) is 0 Å². The molecule has 1 aromatic heterocycles. The molecule has 0 radical (unpaired) electrons. The van der Waals surface area contributed by atoms with Gasteiger partial charge >= 0.3 is 0 Å². The normalized spacial score (nSPS) is 11.4. The Kier molecular flexibility index (Phi) is 6.50. The van der Waals surface area contributed by atoms with Crippen molar-refractivity contribution in [3.8, 4) is 28.1 Å². The van der Waals surface area contributed by atoms with Gasteiger partial charge in [0.1, 0.15) is 5.75 Å². The summed E-state index contributed by atoms with van der Waals surface area (Å²) in [6.07, 6.45) is 1.14. The van der Waals surface area contributed by atoms with Crippen LogP contribution in [0.5, 0.6) is 5.75 Å². The van der Waals surface area contributed by atoms with Gasteiger partial charge in [-0.15, -0.1) is 0 Å². The summed E-state index contributed by atoms with van der Waals surface area (Å²) in [5, 5.41) is 4.53. The van der Waals surface area contributed by atoms with Crippen LogP contribution in [-0.4, -0.2) is 32.7 Å². The van der Waals surface area contributed by atoms with Crippen LogP contribution in [0.4, 0.5) is 5.69 Å². The highest BCUT2D eigenvalue weighted by molar-refractivity contribution is 7.90. The number of hydrogen-bond donors (Lipinski definition) is 2. The number of methoxy groups -OCH3 is 1. The number of sulfone groups is 1. The molecule has 0 aliphatic heterocycles. The number of nitrogens with one attached hydrogen (secondary N) is 2. The number of hydrogen-bond acceptors (Lipinski definition) is 4. The number of aromatic amines is 1. The maximum absolute atomic E-state index is 13.5. The second-order valence-electron chi connectivity index (χ2n) is 8.63. The van der Waals surface area contributed by atoms with Gasteiger partial charge in [0.2, 0.25) is 0 Å². The molecule has 0 spiro atoms. The van der Waals surface area contributed by atoms with Crippen LogP contribution >= 0.6 is 11.6 Å². The van der Waals surface area contributed by atoms with Gasteiger partial charge in [-0.25, -0.2) is 8.42 Å². The van der Waals surface area contributed by atoms with Gasteiger partial charge in [-0.3, -0.25) is 4.79 Å². The molecule has 37 heavy (non-hydrogen) atoms. The maximum atomic E-state index is 13.5. The smallest absolute Gasteiger partial charge is 0.256 e. The lowest BCUT2D eigenvalue weighted by Gasteiger charge is -2.14. The Morgan fingerprint density at radius 1 is 0.892 bits per heavy atom. The van der Waals surface area contributed by atoms with E-state index in [1.54, 1.807) is 49.6 Å². The van der Waals surface area contributed by atoms with Crippen molar-refractivity contribution in [1.29, 1.82) is 0 Å². The van der Waals surface area contributed by atoms with Crippen molar-refractivity contribution in [2.24, 2.45) is 0 Å². The number of para-hydroxylation sites is 1. The monoisotopic (exact) mass is 530 g/mol. The van der Waals surface area contributed by atoms with Crippen LogP contribution in [0.1, 0.15) is 10.4 Å². The molecule has 5 rings (SSSR count). The van der Waals surface area contributed by atoms with E-state index in [1.807, 2.05) is 30.3 Å². The Bertz CT molecular complexity index is 1730. The lowest BCUT2D eigenvalue weighted by Crippen LogP contribution is -2.14. The molecule has 0 fully saturated rings. The summed E-state index contributed by atoms with van der Waals surface area (Å²) in [5.41, 5.74) is 4.56. The number of rotatable bonds is 6. The number of aromatic nitrogens is 1. The molecule has 6 nitrogen and oxygen atoms in total. The number of amides is 1. The Labute approximate surface area is 219 Å². The van der Waals surface area contributed by atoms with E-state index in [2.05, 4.69) is 10.3 Å². The number of anilines is 1. The number of H-pyrrole nitrogens is 1. The van der Waals surface area contributed by atoms with Gasteiger partial charge in [0.25, 0.3) is 5.91 Å². The van der Waals surface area contributed by atoms with E-state index in [4.69, 9.17) is 16.3 Å². The summed E-state index contributed by atoms with van der Waals surface area (Å²) in [6, 6.07) is 26.8. The molecule has 0 saturated carbocycles. The van der Waals surface area contributed by atoms with Crippen molar-refractivity contribution >= 4 is 43.9 Å². The molecule has 0 aliphatic rings. The minimum atomic E-state index is -3.48. The number of halogens is 1. The highest BCUT2D eigenvalue weighted by Crippen LogP contribution is 2.34. The average molecular weight is 531 g/mol. The number of fused-ring (bicyclic) bond motifs is 1. The highest BCUT2D eigenvalue weighted by atomic mass is 35.5. The quantitative estimate of drug-likeness (QED) is 0.252. The van der Waals surface area contributed by atoms with E-state index < -0.39 is 9.84 Å². The lowest BCUT2D eigenvalue weighted by atomic mass is 9.98. The van der Waals surface area contributed by atoms with Gasteiger partial charge in [0.05, 0.1) is 17.0 Å². The predicted octanol–water partition coefficient (Wildman–Crippen LogP) is 6.82. The van der Waals surface area contributed by atoms with E-state index in [-0.39, 0.29) is 10.8 Å². The summed E-state index contributed by atoms with van der Waals surface area (Å²) < 4.78 is 29.8. The standard InChI is InChI=1S/C29H23ClN2O4S/c1-36-21-8-5-7-18(14-21)24-17-22(37(2,34)35)11-12-23(24)29(33)31-20-10-13-26(30)25(16-20)28-15-19-6-3-4-9-27(19)32-28/h3-17,32H,1-2H3,(H,31,33). The molecule has 0 saturated heterocycles. The summed E-state index contributed by atoms with van der Waals surface area (Å²) in [6.45, 7) is 0. The second kappa shape index (κ2) is 9.76. The maximum Gasteiger partial charge on any atom is 0.256 e. The van der Waals surface area contributed by atoms with E-state index in [9.17, 15) is 13.2 Å². The Morgan fingerprint density at radius 3 is 2.46 bits per heavy atom. The fourth-order valence-corrected chi connectivity index (χ4v) is 5.07. The summed E-state index contributed by atoms with van der Waals surface area (Å²) in [5.74, 6) is 0.206. The van der Waals surface area contributed by atoms with Crippen molar-refractivity contribution in [1.82, 2.24) is 4.98 Å². The third kappa shape index (κ3) is 5.09. The van der Waals surface area contributed by atoms with E-state index in [0.29, 0.717) is 33.1 Å². The van der Waals surface area contributed by atoms with Crippen molar-refractivity contribution in [3.05, 3.63) is 102 Å². The topological polar surface area (TPSA) is 88.3 Å². The van der Waals surface area contributed by atoms with Crippen LogP contribution in [0.25, 0.3) is 33.3 Å². The molecule has 1 amide bonds. The van der Waals surface area contributed by atoms with Crippen LogP contribution < -0.4 is 10.1 Å².